The van der Waals surface area contributed by atoms with Crippen LogP contribution in [0.4, 0.5) is 5.69 Å². The number of rotatable bonds is 5. The minimum absolute atomic E-state index is 0.859. The quantitative estimate of drug-likeness (QED) is 0.209. The van der Waals surface area contributed by atoms with Crippen LogP contribution in [0.2, 0.25) is 0 Å². The highest BCUT2D eigenvalue weighted by molar-refractivity contribution is 6.06. The van der Waals surface area contributed by atoms with Crippen molar-refractivity contribution in [2.45, 2.75) is 0 Å². The van der Waals surface area contributed by atoms with Crippen molar-refractivity contribution >= 4 is 33.8 Å². The Labute approximate surface area is 190 Å². The number of nitrogens with one attached hydrogen (secondary N) is 3. The lowest BCUT2D eigenvalue weighted by atomic mass is 10.1. The second-order valence-electron chi connectivity index (χ2n) is 7.88. The summed E-state index contributed by atoms with van der Waals surface area (Å²) in [6.07, 6.45) is 1.88. The molecule has 0 fully saturated rings. The zero-order chi connectivity index (χ0) is 22.0. The zero-order valence-electron chi connectivity index (χ0n) is 17.8. The third-order valence-electron chi connectivity index (χ3n) is 5.74. The summed E-state index contributed by atoms with van der Waals surface area (Å²) in [6, 6.07) is 34.7. The molecule has 0 aliphatic carbocycles. The average molecular weight is 428 g/mol. The van der Waals surface area contributed by atoms with E-state index in [-0.39, 0.29) is 0 Å². The van der Waals surface area contributed by atoms with E-state index in [1.807, 2.05) is 85.1 Å². The topological polar surface area (TPSA) is 68.9 Å². The van der Waals surface area contributed by atoms with Gasteiger partial charge in [-0.1, -0.05) is 60.7 Å². The van der Waals surface area contributed by atoms with Crippen LogP contribution >= 0.6 is 0 Å². The van der Waals surface area contributed by atoms with Gasteiger partial charge in [0.2, 0.25) is 0 Å². The van der Waals surface area contributed by atoms with Crippen molar-refractivity contribution in [1.82, 2.24) is 15.0 Å². The second kappa shape index (κ2) is 8.13. The molecule has 0 radical (unpaired) electrons. The Bertz CT molecular complexity index is 1540. The van der Waals surface area contributed by atoms with Crippen molar-refractivity contribution in [3.8, 4) is 22.6 Å². The van der Waals surface area contributed by atoms with Gasteiger partial charge in [-0.15, -0.1) is 0 Å². The van der Waals surface area contributed by atoms with Crippen LogP contribution in [-0.2, 0) is 0 Å². The molecule has 0 unspecified atom stereocenters. The molecule has 0 bridgehead atoms. The van der Waals surface area contributed by atoms with Crippen LogP contribution in [-0.4, -0.2) is 21.2 Å². The number of para-hydroxylation sites is 3. The van der Waals surface area contributed by atoms with E-state index in [4.69, 9.17) is 0 Å². The molecule has 0 atom stereocenters. The molecule has 0 spiro atoms. The van der Waals surface area contributed by atoms with Crippen molar-refractivity contribution in [2.24, 2.45) is 5.10 Å². The molecule has 2 heterocycles. The fraction of sp³-hybridized carbons (Fsp3) is 0. The van der Waals surface area contributed by atoms with E-state index in [1.165, 1.54) is 0 Å². The zero-order valence-corrected chi connectivity index (χ0v) is 17.8. The van der Waals surface area contributed by atoms with E-state index in [2.05, 4.69) is 49.7 Å². The van der Waals surface area contributed by atoms with Crippen molar-refractivity contribution in [3.05, 3.63) is 109 Å². The van der Waals surface area contributed by atoms with Crippen LogP contribution in [0.1, 0.15) is 5.56 Å². The van der Waals surface area contributed by atoms with Crippen LogP contribution < -0.4 is 5.43 Å². The molecule has 5 heteroatoms. The van der Waals surface area contributed by atoms with E-state index in [9.17, 15) is 0 Å². The third kappa shape index (κ3) is 3.66. The second-order valence-corrected chi connectivity index (χ2v) is 7.88. The van der Waals surface area contributed by atoms with Gasteiger partial charge >= 0.3 is 0 Å². The van der Waals surface area contributed by atoms with Crippen LogP contribution in [0.25, 0.3) is 44.6 Å². The molecule has 0 aliphatic heterocycles. The first-order chi connectivity index (χ1) is 16.3. The molecule has 0 aliphatic rings. The fourth-order valence-corrected chi connectivity index (χ4v) is 4.09. The maximum absolute atomic E-state index is 4.67. The fourth-order valence-electron chi connectivity index (χ4n) is 4.09. The van der Waals surface area contributed by atoms with E-state index in [0.29, 0.717) is 0 Å². The first kappa shape index (κ1) is 19.1. The predicted molar refractivity (Wildman–Crippen MR) is 136 cm³/mol. The van der Waals surface area contributed by atoms with E-state index < -0.39 is 0 Å². The molecule has 6 rings (SSSR count). The number of benzene rings is 4. The van der Waals surface area contributed by atoms with Crippen molar-refractivity contribution in [1.29, 1.82) is 0 Å². The highest BCUT2D eigenvalue weighted by Crippen LogP contribution is 2.29. The van der Waals surface area contributed by atoms with Gasteiger partial charge in [0.15, 0.2) is 0 Å². The monoisotopic (exact) mass is 427 g/mol. The van der Waals surface area contributed by atoms with Gasteiger partial charge in [0.1, 0.15) is 5.82 Å². The molecule has 0 saturated carbocycles. The van der Waals surface area contributed by atoms with Crippen LogP contribution in [0, 0.1) is 0 Å². The summed E-state index contributed by atoms with van der Waals surface area (Å²) < 4.78 is 0. The molecular formula is C28H21N5. The number of fused-ring (bicyclic) bond motifs is 2. The van der Waals surface area contributed by atoms with E-state index in [1.54, 1.807) is 0 Å². The van der Waals surface area contributed by atoms with Crippen LogP contribution in [0.5, 0.6) is 0 Å². The Morgan fingerprint density at radius 2 is 1.39 bits per heavy atom. The molecule has 5 nitrogen and oxygen atoms in total. The highest BCUT2D eigenvalue weighted by Gasteiger charge is 2.11. The van der Waals surface area contributed by atoms with Crippen molar-refractivity contribution in [3.63, 3.8) is 0 Å². The lowest BCUT2D eigenvalue weighted by molar-refractivity contribution is 1.32. The van der Waals surface area contributed by atoms with Gasteiger partial charge in [0, 0.05) is 22.0 Å². The third-order valence-corrected chi connectivity index (χ3v) is 5.74. The lowest BCUT2D eigenvalue weighted by Gasteiger charge is -2.03. The van der Waals surface area contributed by atoms with E-state index >= 15 is 0 Å². The summed E-state index contributed by atoms with van der Waals surface area (Å²) in [5.41, 5.74) is 11.4. The van der Waals surface area contributed by atoms with Gasteiger partial charge in [0.05, 0.1) is 28.6 Å². The largest absolute Gasteiger partial charge is 0.354 e. The maximum Gasteiger partial charge on any atom is 0.138 e. The van der Waals surface area contributed by atoms with Gasteiger partial charge in [0.25, 0.3) is 0 Å². The van der Waals surface area contributed by atoms with Crippen molar-refractivity contribution in [2.75, 3.05) is 5.43 Å². The van der Waals surface area contributed by atoms with Gasteiger partial charge in [-0.05, 0) is 48.0 Å². The number of anilines is 1. The molecule has 0 saturated heterocycles. The average Bonchev–Trinajstić information content (AvgIpc) is 3.47. The summed E-state index contributed by atoms with van der Waals surface area (Å²) in [5, 5.41) is 5.68. The molecule has 2 aromatic heterocycles. The first-order valence-electron chi connectivity index (χ1n) is 10.9. The Balaban J connectivity index is 1.26. The van der Waals surface area contributed by atoms with Crippen LogP contribution in [0.3, 0.4) is 0 Å². The van der Waals surface area contributed by atoms with Gasteiger partial charge in [-0.3, -0.25) is 5.43 Å². The summed E-state index contributed by atoms with van der Waals surface area (Å²) in [5.74, 6) is 0.859. The lowest BCUT2D eigenvalue weighted by Crippen LogP contribution is -1.92. The number of hydrogen-bond acceptors (Lipinski definition) is 3. The highest BCUT2D eigenvalue weighted by atomic mass is 15.3. The van der Waals surface area contributed by atoms with Gasteiger partial charge < -0.3 is 9.97 Å². The number of H-pyrrole nitrogens is 2. The van der Waals surface area contributed by atoms with E-state index in [0.717, 1.165) is 55.8 Å². The summed E-state index contributed by atoms with van der Waals surface area (Å²) >= 11 is 0. The number of imidazole rings is 1. The smallest absolute Gasteiger partial charge is 0.138 e. The standard InChI is InChI=1S/C28H21N5/c1-2-8-19(9-3-1)27-23(22-10-4-5-11-24(22)30-27)18-29-33-21-16-14-20(15-17-21)28-31-25-12-6-7-13-26(25)32-28/h1-18,30,33H,(H,31,32)/b29-18-. The number of aromatic nitrogens is 3. The maximum atomic E-state index is 4.67. The number of hydrogen-bond donors (Lipinski definition) is 3. The summed E-state index contributed by atoms with van der Waals surface area (Å²) in [4.78, 5) is 11.6. The first-order valence-corrected chi connectivity index (χ1v) is 10.9. The van der Waals surface area contributed by atoms with Crippen molar-refractivity contribution < 1.29 is 0 Å². The summed E-state index contributed by atoms with van der Waals surface area (Å²) in [7, 11) is 0. The normalized spacial score (nSPS) is 11.5. The SMILES string of the molecule is C(=N/Nc1ccc(-c2nc3ccccc3[nH]2)cc1)/c1c(-c2ccccc2)[nH]c2ccccc12. The number of nitrogens with zero attached hydrogens (tertiary/aromatic N) is 2. The molecule has 6 aromatic rings. The molecule has 158 valence electrons. The Kier molecular flexibility index (Phi) is 4.70. The Morgan fingerprint density at radius 3 is 2.21 bits per heavy atom. The molecule has 33 heavy (non-hydrogen) atoms. The molecule has 3 N–H and O–H groups in total. The molecule has 0 amide bonds. The Hall–Kier alpha value is -4.64. The molecule has 4 aromatic carbocycles. The number of hydrazone groups is 1. The predicted octanol–water partition coefficient (Wildman–Crippen LogP) is 6.82. The Morgan fingerprint density at radius 1 is 0.667 bits per heavy atom. The molecular weight excluding hydrogens is 406 g/mol. The number of aromatic amines is 2. The van der Waals surface area contributed by atoms with Gasteiger partial charge in [-0.2, -0.15) is 5.10 Å². The van der Waals surface area contributed by atoms with Gasteiger partial charge in [-0.25, -0.2) is 4.98 Å². The van der Waals surface area contributed by atoms with Crippen LogP contribution in [0.15, 0.2) is 108 Å². The minimum Gasteiger partial charge on any atom is -0.354 e. The minimum atomic E-state index is 0.859. The summed E-state index contributed by atoms with van der Waals surface area (Å²) in [6.45, 7) is 0.